The summed E-state index contributed by atoms with van der Waals surface area (Å²) >= 11 is 10.9. The van der Waals surface area contributed by atoms with E-state index in [9.17, 15) is 4.39 Å². The van der Waals surface area contributed by atoms with Crippen LogP contribution in [0.5, 0.6) is 0 Å². The predicted molar refractivity (Wildman–Crippen MR) is 64.6 cm³/mol. The second-order valence-electron chi connectivity index (χ2n) is 3.39. The van der Waals surface area contributed by atoms with Crippen molar-refractivity contribution in [2.24, 2.45) is 0 Å². The first-order valence-corrected chi connectivity index (χ1v) is 5.38. The highest BCUT2D eigenvalue weighted by molar-refractivity contribution is 7.71. The van der Waals surface area contributed by atoms with Crippen LogP contribution in [0.15, 0.2) is 24.3 Å². The fraction of sp³-hybridized carbons (Fsp3) is 0.0909. The van der Waals surface area contributed by atoms with Gasteiger partial charge in [-0.3, -0.25) is 5.10 Å². The third-order valence-electron chi connectivity index (χ3n) is 2.26. The highest BCUT2D eigenvalue weighted by atomic mass is 35.5. The van der Waals surface area contributed by atoms with E-state index in [0.717, 1.165) is 11.1 Å². The smallest absolute Gasteiger partial charge is 0.150 e. The number of halogens is 2. The Balaban J connectivity index is 2.71. The number of rotatable bonds is 1. The molecule has 0 aliphatic carbocycles. The standard InChI is InChI=1S/C11H8ClFN2S/c1-6-2-3-7(13)4-8(6)9-5-10(12)14-15-11(9)16/h2-5H,1H3,(H,15,16). The first-order chi connectivity index (χ1) is 7.58. The molecule has 5 heteroatoms. The molecule has 0 saturated heterocycles. The van der Waals surface area contributed by atoms with Gasteiger partial charge in [0.15, 0.2) is 0 Å². The van der Waals surface area contributed by atoms with Crippen LogP contribution >= 0.6 is 23.8 Å². The highest BCUT2D eigenvalue weighted by Gasteiger charge is 2.07. The summed E-state index contributed by atoms with van der Waals surface area (Å²) in [6.07, 6.45) is 0. The Kier molecular flexibility index (Phi) is 3.03. The minimum atomic E-state index is -0.303. The zero-order chi connectivity index (χ0) is 11.7. The van der Waals surface area contributed by atoms with E-state index in [-0.39, 0.29) is 5.82 Å². The molecule has 0 fully saturated rings. The molecule has 0 atom stereocenters. The van der Waals surface area contributed by atoms with Crippen molar-refractivity contribution in [1.29, 1.82) is 0 Å². The van der Waals surface area contributed by atoms with Gasteiger partial charge in [-0.25, -0.2) is 4.39 Å². The lowest BCUT2D eigenvalue weighted by Crippen LogP contribution is -1.91. The second-order valence-corrected chi connectivity index (χ2v) is 4.19. The van der Waals surface area contributed by atoms with Crippen LogP contribution < -0.4 is 0 Å². The van der Waals surface area contributed by atoms with Gasteiger partial charge in [-0.15, -0.1) is 0 Å². The van der Waals surface area contributed by atoms with E-state index in [1.165, 1.54) is 12.1 Å². The van der Waals surface area contributed by atoms with E-state index in [1.807, 2.05) is 6.92 Å². The average molecular weight is 255 g/mol. The fourth-order valence-electron chi connectivity index (χ4n) is 1.47. The lowest BCUT2D eigenvalue weighted by atomic mass is 10.0. The summed E-state index contributed by atoms with van der Waals surface area (Å²) < 4.78 is 13.6. The van der Waals surface area contributed by atoms with Gasteiger partial charge in [-0.1, -0.05) is 29.9 Å². The summed E-state index contributed by atoms with van der Waals surface area (Å²) in [5.41, 5.74) is 2.35. The summed E-state index contributed by atoms with van der Waals surface area (Å²) in [6, 6.07) is 6.18. The first-order valence-electron chi connectivity index (χ1n) is 4.59. The number of hydrogen-bond donors (Lipinski definition) is 1. The molecular weight excluding hydrogens is 247 g/mol. The van der Waals surface area contributed by atoms with Crippen LogP contribution in [0.4, 0.5) is 4.39 Å². The third kappa shape index (κ3) is 2.13. The number of H-pyrrole nitrogens is 1. The van der Waals surface area contributed by atoms with Gasteiger partial charge in [0.25, 0.3) is 0 Å². The third-order valence-corrected chi connectivity index (χ3v) is 2.77. The normalized spacial score (nSPS) is 10.4. The Morgan fingerprint density at radius 3 is 2.81 bits per heavy atom. The number of benzene rings is 1. The van der Waals surface area contributed by atoms with Gasteiger partial charge >= 0.3 is 0 Å². The Labute approximate surface area is 102 Å². The molecular formula is C11H8ClFN2S. The van der Waals surface area contributed by atoms with Crippen LogP contribution in [0.1, 0.15) is 5.56 Å². The predicted octanol–water partition coefficient (Wildman–Crippen LogP) is 3.91. The van der Waals surface area contributed by atoms with E-state index in [4.69, 9.17) is 23.8 Å². The van der Waals surface area contributed by atoms with Crippen molar-refractivity contribution in [3.05, 3.63) is 45.4 Å². The lowest BCUT2D eigenvalue weighted by molar-refractivity contribution is 0.628. The zero-order valence-electron chi connectivity index (χ0n) is 8.42. The number of aromatic nitrogens is 2. The van der Waals surface area contributed by atoms with Gasteiger partial charge in [-0.05, 0) is 36.2 Å². The maximum atomic E-state index is 13.2. The number of nitrogens with zero attached hydrogens (tertiary/aromatic N) is 1. The van der Waals surface area contributed by atoms with Crippen molar-refractivity contribution in [2.45, 2.75) is 6.92 Å². The SMILES string of the molecule is Cc1ccc(F)cc1-c1cc(Cl)n[nH]c1=S. The Hall–Kier alpha value is -1.26. The van der Waals surface area contributed by atoms with Crippen LogP contribution in [0.25, 0.3) is 11.1 Å². The molecule has 0 aliphatic heterocycles. The molecule has 0 saturated carbocycles. The molecule has 0 amide bonds. The molecule has 0 unspecified atom stereocenters. The van der Waals surface area contributed by atoms with Gasteiger partial charge in [-0.2, -0.15) is 5.10 Å². The fourth-order valence-corrected chi connectivity index (χ4v) is 1.83. The molecule has 1 aromatic heterocycles. The number of aryl methyl sites for hydroxylation is 1. The molecule has 16 heavy (non-hydrogen) atoms. The van der Waals surface area contributed by atoms with E-state index in [1.54, 1.807) is 12.1 Å². The summed E-state index contributed by atoms with van der Waals surface area (Å²) in [6.45, 7) is 1.89. The molecule has 82 valence electrons. The summed E-state index contributed by atoms with van der Waals surface area (Å²) in [5, 5.41) is 6.68. The van der Waals surface area contributed by atoms with Gasteiger partial charge in [0, 0.05) is 5.56 Å². The van der Waals surface area contributed by atoms with E-state index in [2.05, 4.69) is 10.2 Å². The van der Waals surface area contributed by atoms with Gasteiger partial charge in [0.2, 0.25) is 0 Å². The van der Waals surface area contributed by atoms with Crippen LogP contribution in [0, 0.1) is 17.4 Å². The van der Waals surface area contributed by atoms with Crippen molar-refractivity contribution >= 4 is 23.8 Å². The molecule has 1 aromatic carbocycles. The average Bonchev–Trinajstić information content (AvgIpc) is 2.25. The molecule has 0 spiro atoms. The second kappa shape index (κ2) is 4.31. The van der Waals surface area contributed by atoms with Crippen molar-refractivity contribution in [3.8, 4) is 11.1 Å². The molecule has 1 N–H and O–H groups in total. The van der Waals surface area contributed by atoms with Gasteiger partial charge < -0.3 is 0 Å². The molecule has 2 rings (SSSR count). The number of hydrogen-bond acceptors (Lipinski definition) is 2. The quantitative estimate of drug-likeness (QED) is 0.782. The van der Waals surface area contributed by atoms with Crippen molar-refractivity contribution in [1.82, 2.24) is 10.2 Å². The molecule has 0 radical (unpaired) electrons. The number of nitrogens with one attached hydrogen (secondary N) is 1. The van der Waals surface area contributed by atoms with E-state index < -0.39 is 0 Å². The van der Waals surface area contributed by atoms with Crippen molar-refractivity contribution < 1.29 is 4.39 Å². The summed E-state index contributed by atoms with van der Waals surface area (Å²) in [5.74, 6) is -0.303. The van der Waals surface area contributed by atoms with Gasteiger partial charge in [0.1, 0.15) is 15.6 Å². The van der Waals surface area contributed by atoms with E-state index in [0.29, 0.717) is 15.4 Å². The Bertz CT molecular complexity index is 595. The Morgan fingerprint density at radius 1 is 1.31 bits per heavy atom. The van der Waals surface area contributed by atoms with E-state index >= 15 is 0 Å². The maximum absolute atomic E-state index is 13.2. The summed E-state index contributed by atoms with van der Waals surface area (Å²) in [7, 11) is 0. The minimum Gasteiger partial charge on any atom is -0.266 e. The highest BCUT2D eigenvalue weighted by Crippen LogP contribution is 2.25. The topological polar surface area (TPSA) is 28.7 Å². The molecule has 2 nitrogen and oxygen atoms in total. The van der Waals surface area contributed by atoms with Crippen LogP contribution in [-0.4, -0.2) is 10.2 Å². The van der Waals surface area contributed by atoms with Crippen LogP contribution in [0.3, 0.4) is 0 Å². The largest absolute Gasteiger partial charge is 0.266 e. The molecule has 2 aromatic rings. The lowest BCUT2D eigenvalue weighted by Gasteiger charge is -2.06. The minimum absolute atomic E-state index is 0.298. The van der Waals surface area contributed by atoms with Gasteiger partial charge in [0.05, 0.1) is 0 Å². The van der Waals surface area contributed by atoms with Crippen LogP contribution in [0.2, 0.25) is 5.15 Å². The monoisotopic (exact) mass is 254 g/mol. The molecule has 0 aliphatic rings. The maximum Gasteiger partial charge on any atom is 0.150 e. The van der Waals surface area contributed by atoms with Crippen molar-refractivity contribution in [2.75, 3.05) is 0 Å². The van der Waals surface area contributed by atoms with Crippen LogP contribution in [-0.2, 0) is 0 Å². The zero-order valence-corrected chi connectivity index (χ0v) is 9.99. The first kappa shape index (κ1) is 11.2. The number of aromatic amines is 1. The summed E-state index contributed by atoms with van der Waals surface area (Å²) in [4.78, 5) is 0. The molecule has 0 bridgehead atoms. The Morgan fingerprint density at radius 2 is 2.06 bits per heavy atom. The van der Waals surface area contributed by atoms with Crippen molar-refractivity contribution in [3.63, 3.8) is 0 Å². The molecule has 1 heterocycles.